The van der Waals surface area contributed by atoms with Crippen molar-refractivity contribution in [1.82, 2.24) is 14.9 Å². The third-order valence-electron chi connectivity index (χ3n) is 2.67. The molecule has 0 aliphatic carbocycles. The van der Waals surface area contributed by atoms with Crippen LogP contribution in [0.1, 0.15) is 11.1 Å². The Bertz CT molecular complexity index is 543. The minimum absolute atomic E-state index is 0.635. The number of nitrogens with zero attached hydrogens (tertiary/aromatic N) is 3. The lowest BCUT2D eigenvalue weighted by molar-refractivity contribution is 0.411. The molecule has 0 radical (unpaired) electrons. The third-order valence-corrected chi connectivity index (χ3v) is 3.68. The summed E-state index contributed by atoms with van der Waals surface area (Å²) in [6, 6.07) is 6.11. The molecule has 7 heteroatoms. The quantitative estimate of drug-likeness (QED) is 0.600. The average molecular weight is 279 g/mol. The van der Waals surface area contributed by atoms with Crippen LogP contribution in [0, 0.1) is 0 Å². The molecule has 0 atom stereocenters. The molecule has 19 heavy (non-hydrogen) atoms. The lowest BCUT2D eigenvalue weighted by Gasteiger charge is -2.10. The van der Waals surface area contributed by atoms with Crippen LogP contribution in [-0.2, 0) is 12.2 Å². The van der Waals surface area contributed by atoms with E-state index in [-0.39, 0.29) is 0 Å². The molecule has 0 unspecified atom stereocenters. The van der Waals surface area contributed by atoms with E-state index in [4.69, 9.17) is 16.3 Å². The molecule has 1 aromatic carbocycles. The zero-order valence-corrected chi connectivity index (χ0v) is 11.6. The standard InChI is InChI=1S/C12H17N5OS/c1-18-11-3-2-9(4-5-13)6-10(11)7-19-12-16-15-8-17(12)14/h2-3,6,8H,4-5,7,13-14H2,1H3. The van der Waals surface area contributed by atoms with E-state index in [2.05, 4.69) is 16.3 Å². The maximum atomic E-state index is 5.68. The van der Waals surface area contributed by atoms with Crippen LogP contribution < -0.4 is 16.3 Å². The molecule has 0 spiro atoms. The first-order chi connectivity index (χ1) is 9.24. The molecule has 0 saturated heterocycles. The van der Waals surface area contributed by atoms with Crippen molar-refractivity contribution in [2.24, 2.45) is 5.73 Å². The van der Waals surface area contributed by atoms with Crippen molar-refractivity contribution in [3.63, 3.8) is 0 Å². The Morgan fingerprint density at radius 1 is 1.42 bits per heavy atom. The molecular formula is C12H17N5OS. The fraction of sp³-hybridized carbons (Fsp3) is 0.333. The fourth-order valence-corrected chi connectivity index (χ4v) is 2.56. The molecule has 0 fully saturated rings. The second-order valence-corrected chi connectivity index (χ2v) is 4.94. The number of methoxy groups -OCH3 is 1. The molecule has 2 rings (SSSR count). The largest absolute Gasteiger partial charge is 0.496 e. The molecule has 4 N–H and O–H groups in total. The lowest BCUT2D eigenvalue weighted by Crippen LogP contribution is -2.07. The Labute approximate surface area is 116 Å². The Kier molecular flexibility index (Phi) is 4.64. The first-order valence-corrected chi connectivity index (χ1v) is 6.87. The van der Waals surface area contributed by atoms with Crippen LogP contribution in [-0.4, -0.2) is 28.5 Å². The van der Waals surface area contributed by atoms with E-state index >= 15 is 0 Å². The summed E-state index contributed by atoms with van der Waals surface area (Å²) in [5, 5.41) is 8.35. The van der Waals surface area contributed by atoms with E-state index in [0.29, 0.717) is 11.7 Å². The third kappa shape index (κ3) is 3.39. The minimum atomic E-state index is 0.635. The number of thioether (sulfide) groups is 1. The second-order valence-electron chi connectivity index (χ2n) is 3.99. The van der Waals surface area contributed by atoms with Crippen LogP contribution in [0.5, 0.6) is 5.75 Å². The highest BCUT2D eigenvalue weighted by Gasteiger charge is 2.08. The van der Waals surface area contributed by atoms with Gasteiger partial charge in [-0.3, -0.25) is 0 Å². The maximum Gasteiger partial charge on any atom is 0.209 e. The van der Waals surface area contributed by atoms with Crippen LogP contribution in [0.25, 0.3) is 0 Å². The monoisotopic (exact) mass is 279 g/mol. The second kappa shape index (κ2) is 6.44. The van der Waals surface area contributed by atoms with Crippen LogP contribution in [0.15, 0.2) is 29.7 Å². The average Bonchev–Trinajstić information content (AvgIpc) is 2.82. The number of hydrogen-bond donors (Lipinski definition) is 2. The van der Waals surface area contributed by atoms with E-state index in [1.165, 1.54) is 28.3 Å². The van der Waals surface area contributed by atoms with Crippen molar-refractivity contribution >= 4 is 11.8 Å². The van der Waals surface area contributed by atoms with Gasteiger partial charge in [-0.2, -0.15) is 0 Å². The van der Waals surface area contributed by atoms with Gasteiger partial charge in [0.25, 0.3) is 0 Å². The molecule has 102 valence electrons. The molecule has 0 aliphatic rings. The highest BCUT2D eigenvalue weighted by molar-refractivity contribution is 7.98. The van der Waals surface area contributed by atoms with E-state index in [1.807, 2.05) is 12.1 Å². The van der Waals surface area contributed by atoms with Gasteiger partial charge >= 0.3 is 0 Å². The van der Waals surface area contributed by atoms with Crippen LogP contribution in [0.2, 0.25) is 0 Å². The molecule has 6 nitrogen and oxygen atoms in total. The Balaban J connectivity index is 2.13. The number of benzene rings is 1. The summed E-state index contributed by atoms with van der Waals surface area (Å²) in [6.45, 7) is 0.635. The van der Waals surface area contributed by atoms with Crippen LogP contribution in [0.3, 0.4) is 0 Å². The van der Waals surface area contributed by atoms with Gasteiger partial charge in [0.15, 0.2) is 0 Å². The highest BCUT2D eigenvalue weighted by Crippen LogP contribution is 2.27. The van der Waals surface area contributed by atoms with Gasteiger partial charge in [-0.05, 0) is 24.6 Å². The number of nitrogens with two attached hydrogens (primary N) is 2. The topological polar surface area (TPSA) is 92.0 Å². The Morgan fingerprint density at radius 3 is 2.89 bits per heavy atom. The maximum absolute atomic E-state index is 5.68. The zero-order valence-electron chi connectivity index (χ0n) is 10.7. The lowest BCUT2D eigenvalue weighted by atomic mass is 10.1. The summed E-state index contributed by atoms with van der Waals surface area (Å²) in [6.07, 6.45) is 2.33. The van der Waals surface area contributed by atoms with Gasteiger partial charge in [-0.25, -0.2) is 4.68 Å². The number of rotatable bonds is 6. The van der Waals surface area contributed by atoms with Gasteiger partial charge in [0, 0.05) is 11.3 Å². The van der Waals surface area contributed by atoms with Crippen molar-refractivity contribution in [2.45, 2.75) is 17.3 Å². The van der Waals surface area contributed by atoms with Gasteiger partial charge in [-0.1, -0.05) is 23.9 Å². The molecule has 2 aromatic rings. The first kappa shape index (κ1) is 13.7. The molecule has 0 amide bonds. The van der Waals surface area contributed by atoms with Crippen LogP contribution in [0.4, 0.5) is 0 Å². The van der Waals surface area contributed by atoms with Crippen molar-refractivity contribution in [3.05, 3.63) is 35.7 Å². The Morgan fingerprint density at radius 2 is 2.26 bits per heavy atom. The summed E-state index contributed by atoms with van der Waals surface area (Å²) < 4.78 is 6.76. The van der Waals surface area contributed by atoms with Gasteiger partial charge < -0.3 is 16.3 Å². The number of aromatic nitrogens is 3. The van der Waals surface area contributed by atoms with Gasteiger partial charge in [0.1, 0.15) is 12.1 Å². The SMILES string of the molecule is COc1ccc(CCN)cc1CSc1nncn1N. The van der Waals surface area contributed by atoms with Crippen molar-refractivity contribution in [2.75, 3.05) is 19.5 Å². The Hall–Kier alpha value is -1.73. The summed E-state index contributed by atoms with van der Waals surface area (Å²) >= 11 is 1.52. The molecule has 0 aliphatic heterocycles. The summed E-state index contributed by atoms with van der Waals surface area (Å²) in [5.41, 5.74) is 7.88. The smallest absolute Gasteiger partial charge is 0.209 e. The molecule has 0 bridgehead atoms. The number of nitrogen functional groups attached to an aromatic ring is 1. The number of ether oxygens (including phenoxy) is 1. The fourth-order valence-electron chi connectivity index (χ4n) is 1.74. The van der Waals surface area contributed by atoms with E-state index in [1.54, 1.807) is 7.11 Å². The van der Waals surface area contributed by atoms with Gasteiger partial charge in [-0.15, -0.1) is 10.2 Å². The zero-order chi connectivity index (χ0) is 13.7. The molecule has 1 heterocycles. The first-order valence-electron chi connectivity index (χ1n) is 5.88. The van der Waals surface area contributed by atoms with Crippen molar-refractivity contribution in [1.29, 1.82) is 0 Å². The van der Waals surface area contributed by atoms with E-state index < -0.39 is 0 Å². The summed E-state index contributed by atoms with van der Waals surface area (Å²) in [4.78, 5) is 0. The van der Waals surface area contributed by atoms with Crippen molar-refractivity contribution < 1.29 is 4.74 Å². The highest BCUT2D eigenvalue weighted by atomic mass is 32.2. The summed E-state index contributed by atoms with van der Waals surface area (Å²) in [5.74, 6) is 7.25. The minimum Gasteiger partial charge on any atom is -0.496 e. The molecule has 0 saturated carbocycles. The molecule has 1 aromatic heterocycles. The van der Waals surface area contributed by atoms with Gasteiger partial charge in [0.2, 0.25) is 5.16 Å². The van der Waals surface area contributed by atoms with Crippen LogP contribution >= 0.6 is 11.8 Å². The summed E-state index contributed by atoms with van der Waals surface area (Å²) in [7, 11) is 1.66. The molecular weight excluding hydrogens is 262 g/mol. The van der Waals surface area contributed by atoms with E-state index in [0.717, 1.165) is 23.5 Å². The normalized spacial score (nSPS) is 10.6. The van der Waals surface area contributed by atoms with E-state index in [9.17, 15) is 0 Å². The number of hydrogen-bond acceptors (Lipinski definition) is 6. The van der Waals surface area contributed by atoms with Gasteiger partial charge in [0.05, 0.1) is 7.11 Å². The predicted molar refractivity (Wildman–Crippen MR) is 75.5 cm³/mol. The predicted octanol–water partition coefficient (Wildman–Crippen LogP) is 0.794. The van der Waals surface area contributed by atoms with Crippen molar-refractivity contribution in [3.8, 4) is 5.75 Å².